The molecule has 7 heteroatoms. The van der Waals surface area contributed by atoms with Gasteiger partial charge in [0.1, 0.15) is 16.7 Å². The number of primary amides is 1. The summed E-state index contributed by atoms with van der Waals surface area (Å²) in [7, 11) is 0. The lowest BCUT2D eigenvalue weighted by molar-refractivity contribution is -0.117. The number of hydrogen-bond donors (Lipinski definition) is 1. The van der Waals surface area contributed by atoms with Gasteiger partial charge in [0, 0.05) is 5.02 Å². The van der Waals surface area contributed by atoms with Gasteiger partial charge in [-0.25, -0.2) is 0 Å². The Morgan fingerprint density at radius 1 is 1.26 bits per heavy atom. The number of para-hydroxylation sites is 1. The number of thioether (sulfide) groups is 1. The Labute approximate surface area is 166 Å². The monoisotopic (exact) mass is 397 g/mol. The number of hydrogen-bond acceptors (Lipinski definition) is 4. The first-order valence-electron chi connectivity index (χ1n) is 8.17. The van der Waals surface area contributed by atoms with Gasteiger partial charge in [-0.15, -0.1) is 0 Å². The molecular weight excluding hydrogens is 382 g/mol. The van der Waals surface area contributed by atoms with E-state index in [1.165, 1.54) is 16.7 Å². The van der Waals surface area contributed by atoms with Crippen LogP contribution in [-0.4, -0.2) is 17.1 Å². The number of carbonyl (C=O) groups is 2. The van der Waals surface area contributed by atoms with E-state index in [0.29, 0.717) is 17.1 Å². The highest BCUT2D eigenvalue weighted by atomic mass is 35.5. The number of amides is 2. The minimum absolute atomic E-state index is 0.187. The molecule has 136 valence electrons. The fourth-order valence-electron chi connectivity index (χ4n) is 2.87. The largest absolute Gasteiger partial charge is 0.365 e. The Hall–Kier alpha value is -2.75. The third-order valence-electron chi connectivity index (χ3n) is 4.22. The summed E-state index contributed by atoms with van der Waals surface area (Å²) < 4.78 is 0. The molecule has 1 aliphatic heterocycles. The lowest BCUT2D eigenvalue weighted by Gasteiger charge is -2.20. The zero-order chi connectivity index (χ0) is 19.6. The fourth-order valence-corrected chi connectivity index (χ4v) is 4.30. The molecule has 2 N–H and O–H groups in total. The van der Waals surface area contributed by atoms with Gasteiger partial charge in [0.25, 0.3) is 5.91 Å². The van der Waals surface area contributed by atoms with Crippen molar-refractivity contribution in [3.05, 3.63) is 75.3 Å². The molecule has 1 saturated heterocycles. The Balaban J connectivity index is 2.05. The molecule has 1 atom stereocenters. The highest BCUT2D eigenvalue weighted by Crippen LogP contribution is 2.42. The van der Waals surface area contributed by atoms with Crippen LogP contribution in [0, 0.1) is 18.3 Å². The van der Waals surface area contributed by atoms with E-state index in [2.05, 4.69) is 0 Å². The quantitative estimate of drug-likeness (QED) is 0.631. The summed E-state index contributed by atoms with van der Waals surface area (Å²) >= 11 is 7.11. The van der Waals surface area contributed by atoms with Crippen LogP contribution in [0.5, 0.6) is 0 Å². The van der Waals surface area contributed by atoms with E-state index >= 15 is 0 Å². The van der Waals surface area contributed by atoms with Crippen molar-refractivity contribution in [1.82, 2.24) is 0 Å². The first-order chi connectivity index (χ1) is 12.9. The third kappa shape index (κ3) is 3.85. The first-order valence-corrected chi connectivity index (χ1v) is 9.43. The predicted molar refractivity (Wildman–Crippen MR) is 107 cm³/mol. The highest BCUT2D eigenvalue weighted by molar-refractivity contribution is 8.05. The number of nitriles is 1. The molecule has 27 heavy (non-hydrogen) atoms. The SMILES string of the molecule is Cc1ccccc1N1C(=O)C(Cc2ccc(Cl)cc2)S/C1=C(/C#N)C(N)=O. The van der Waals surface area contributed by atoms with Crippen LogP contribution in [-0.2, 0) is 16.0 Å². The van der Waals surface area contributed by atoms with Crippen molar-refractivity contribution in [2.24, 2.45) is 5.73 Å². The standard InChI is InChI=1S/C20H16ClN3O2S/c1-12-4-2-3-5-16(12)24-19(26)17(10-13-6-8-14(21)9-7-13)27-20(24)15(11-22)18(23)25/h2-9,17H,10H2,1H3,(H2,23,25)/b20-15-. The number of carbonyl (C=O) groups excluding carboxylic acids is 2. The van der Waals surface area contributed by atoms with E-state index in [1.54, 1.807) is 24.3 Å². The van der Waals surface area contributed by atoms with Crippen molar-refractivity contribution in [3.63, 3.8) is 0 Å². The summed E-state index contributed by atoms with van der Waals surface area (Å²) in [6, 6.07) is 16.4. The molecule has 1 aliphatic rings. The highest BCUT2D eigenvalue weighted by Gasteiger charge is 2.40. The van der Waals surface area contributed by atoms with Crippen molar-refractivity contribution in [2.75, 3.05) is 4.90 Å². The molecule has 2 amide bonds. The normalized spacial score (nSPS) is 18.3. The van der Waals surface area contributed by atoms with Crippen molar-refractivity contribution in [1.29, 1.82) is 5.26 Å². The Morgan fingerprint density at radius 2 is 1.93 bits per heavy atom. The second-order valence-corrected chi connectivity index (χ2v) is 7.68. The predicted octanol–water partition coefficient (Wildman–Crippen LogP) is 3.56. The van der Waals surface area contributed by atoms with E-state index in [1.807, 2.05) is 37.3 Å². The van der Waals surface area contributed by atoms with Crippen molar-refractivity contribution in [2.45, 2.75) is 18.6 Å². The summed E-state index contributed by atoms with van der Waals surface area (Å²) in [5.74, 6) is -1.04. The molecule has 3 rings (SSSR count). The van der Waals surface area contributed by atoms with E-state index in [9.17, 15) is 14.9 Å². The fraction of sp³-hybridized carbons (Fsp3) is 0.150. The number of benzene rings is 2. The molecule has 5 nitrogen and oxygen atoms in total. The smallest absolute Gasteiger partial charge is 0.262 e. The van der Waals surface area contributed by atoms with Crippen LogP contribution in [0.25, 0.3) is 0 Å². The van der Waals surface area contributed by atoms with Crippen LogP contribution in [0.15, 0.2) is 59.1 Å². The Bertz CT molecular complexity index is 979. The van der Waals surface area contributed by atoms with E-state index < -0.39 is 11.2 Å². The number of halogens is 1. The maximum Gasteiger partial charge on any atom is 0.262 e. The van der Waals surface area contributed by atoms with Crippen LogP contribution in [0.4, 0.5) is 5.69 Å². The molecule has 0 spiro atoms. The summed E-state index contributed by atoms with van der Waals surface area (Å²) in [6.07, 6.45) is 0.448. The molecule has 2 aromatic carbocycles. The maximum absolute atomic E-state index is 13.2. The maximum atomic E-state index is 13.2. The molecule has 0 bridgehead atoms. The van der Waals surface area contributed by atoms with E-state index in [0.717, 1.165) is 11.1 Å². The van der Waals surface area contributed by atoms with Crippen molar-refractivity contribution in [3.8, 4) is 6.07 Å². The third-order valence-corrected chi connectivity index (χ3v) is 5.73. The molecule has 0 radical (unpaired) electrons. The molecular formula is C20H16ClN3O2S. The summed E-state index contributed by atoms with van der Waals surface area (Å²) in [4.78, 5) is 26.4. The van der Waals surface area contributed by atoms with E-state index in [-0.39, 0.29) is 16.5 Å². The molecule has 1 heterocycles. The molecule has 1 unspecified atom stereocenters. The van der Waals surface area contributed by atoms with Gasteiger partial charge in [0.05, 0.1) is 10.9 Å². The van der Waals surface area contributed by atoms with Crippen LogP contribution < -0.4 is 10.6 Å². The molecule has 1 fully saturated rings. The Morgan fingerprint density at radius 3 is 2.52 bits per heavy atom. The average Bonchev–Trinajstić information content (AvgIpc) is 2.94. The van der Waals surface area contributed by atoms with Gasteiger partial charge < -0.3 is 5.73 Å². The zero-order valence-electron chi connectivity index (χ0n) is 14.5. The minimum atomic E-state index is -0.849. The van der Waals surface area contributed by atoms with Crippen molar-refractivity contribution < 1.29 is 9.59 Å². The Kier molecular flexibility index (Phi) is 5.54. The van der Waals surface area contributed by atoms with Gasteiger partial charge >= 0.3 is 0 Å². The minimum Gasteiger partial charge on any atom is -0.365 e. The van der Waals surface area contributed by atoms with Gasteiger partial charge in [0.2, 0.25) is 5.91 Å². The van der Waals surface area contributed by atoms with Crippen LogP contribution >= 0.6 is 23.4 Å². The first kappa shape index (κ1) is 19.0. The number of aryl methyl sites for hydroxylation is 1. The lowest BCUT2D eigenvalue weighted by atomic mass is 10.1. The zero-order valence-corrected chi connectivity index (χ0v) is 16.1. The molecule has 0 saturated carbocycles. The number of nitrogens with zero attached hydrogens (tertiary/aromatic N) is 2. The molecule has 0 aromatic heterocycles. The second-order valence-electron chi connectivity index (χ2n) is 6.05. The van der Waals surface area contributed by atoms with Gasteiger partial charge in [-0.3, -0.25) is 14.5 Å². The molecule has 0 aliphatic carbocycles. The molecule has 2 aromatic rings. The lowest BCUT2D eigenvalue weighted by Crippen LogP contribution is -2.31. The average molecular weight is 398 g/mol. The van der Waals surface area contributed by atoms with Crippen LogP contribution in [0.1, 0.15) is 11.1 Å². The van der Waals surface area contributed by atoms with Gasteiger partial charge in [0.15, 0.2) is 0 Å². The van der Waals surface area contributed by atoms with Gasteiger partial charge in [-0.1, -0.05) is 53.7 Å². The number of nitrogens with two attached hydrogens (primary N) is 1. The summed E-state index contributed by atoms with van der Waals surface area (Å²) in [5.41, 5.74) is 7.60. The van der Waals surface area contributed by atoms with E-state index in [4.69, 9.17) is 17.3 Å². The second kappa shape index (κ2) is 7.87. The summed E-state index contributed by atoms with van der Waals surface area (Å²) in [6.45, 7) is 1.87. The van der Waals surface area contributed by atoms with Crippen molar-refractivity contribution >= 4 is 40.9 Å². The van der Waals surface area contributed by atoms with Crippen LogP contribution in [0.3, 0.4) is 0 Å². The number of rotatable bonds is 4. The van der Waals surface area contributed by atoms with Gasteiger partial charge in [-0.05, 0) is 42.7 Å². The topological polar surface area (TPSA) is 87.2 Å². The summed E-state index contributed by atoms with van der Waals surface area (Å²) in [5, 5.41) is 9.84. The van der Waals surface area contributed by atoms with Gasteiger partial charge in [-0.2, -0.15) is 5.26 Å². The van der Waals surface area contributed by atoms with Crippen LogP contribution in [0.2, 0.25) is 5.02 Å². The number of anilines is 1.